The lowest BCUT2D eigenvalue weighted by Gasteiger charge is -2.33. The molecule has 2 unspecified atom stereocenters. The Balaban J connectivity index is 2.06. The van der Waals surface area contributed by atoms with Gasteiger partial charge in [0.15, 0.2) is 0 Å². The first-order chi connectivity index (χ1) is 9.58. The number of rotatable bonds is 4. The van der Waals surface area contributed by atoms with Crippen LogP contribution in [-0.2, 0) is 11.3 Å². The van der Waals surface area contributed by atoms with Gasteiger partial charge in [0.25, 0.3) is 0 Å². The van der Waals surface area contributed by atoms with Gasteiger partial charge in [0.1, 0.15) is 0 Å². The van der Waals surface area contributed by atoms with E-state index in [0.717, 1.165) is 31.2 Å². The van der Waals surface area contributed by atoms with E-state index in [2.05, 4.69) is 18.8 Å². The normalized spacial score (nSPS) is 22.8. The molecule has 0 saturated heterocycles. The van der Waals surface area contributed by atoms with E-state index in [1.807, 2.05) is 23.2 Å². The van der Waals surface area contributed by atoms with E-state index in [9.17, 15) is 4.79 Å². The van der Waals surface area contributed by atoms with Gasteiger partial charge in [-0.2, -0.15) is 0 Å². The Bertz CT molecular complexity index is 433. The minimum absolute atomic E-state index is 0.0952. The highest BCUT2D eigenvalue weighted by Crippen LogP contribution is 2.26. The van der Waals surface area contributed by atoms with Crippen LogP contribution >= 0.6 is 0 Å². The van der Waals surface area contributed by atoms with Crippen molar-refractivity contribution in [2.24, 2.45) is 11.7 Å². The zero-order valence-electron chi connectivity index (χ0n) is 12.5. The van der Waals surface area contributed by atoms with Crippen molar-refractivity contribution >= 4 is 5.91 Å². The first kappa shape index (κ1) is 15.0. The zero-order chi connectivity index (χ0) is 14.5. The first-order valence-electron chi connectivity index (χ1n) is 7.53. The van der Waals surface area contributed by atoms with Crippen LogP contribution in [0.25, 0.3) is 0 Å². The van der Waals surface area contributed by atoms with Gasteiger partial charge in [-0.05, 0) is 44.7 Å². The van der Waals surface area contributed by atoms with Crippen LogP contribution in [0.15, 0.2) is 24.5 Å². The molecule has 4 nitrogen and oxygen atoms in total. The molecule has 2 N–H and O–H groups in total. The number of carbonyl (C=O) groups is 1. The predicted octanol–water partition coefficient (Wildman–Crippen LogP) is 2.34. The van der Waals surface area contributed by atoms with Crippen molar-refractivity contribution in [1.29, 1.82) is 0 Å². The number of nitrogens with zero attached hydrogens (tertiary/aromatic N) is 2. The fourth-order valence-corrected chi connectivity index (χ4v) is 2.89. The summed E-state index contributed by atoms with van der Waals surface area (Å²) in [5.41, 5.74) is 7.09. The summed E-state index contributed by atoms with van der Waals surface area (Å²) in [7, 11) is 0. The molecule has 1 aromatic heterocycles. The number of nitrogens with two attached hydrogens (primary N) is 1. The molecule has 0 bridgehead atoms. The number of carbonyl (C=O) groups excluding carboxylic acids is 1. The third kappa shape index (κ3) is 3.79. The summed E-state index contributed by atoms with van der Waals surface area (Å²) >= 11 is 0. The maximum Gasteiger partial charge on any atom is 0.226 e. The zero-order valence-corrected chi connectivity index (χ0v) is 12.5. The summed E-state index contributed by atoms with van der Waals surface area (Å²) in [5.74, 6) is 0.344. The molecule has 1 fully saturated rings. The molecule has 1 aromatic rings. The minimum Gasteiger partial charge on any atom is -0.336 e. The molecule has 0 aromatic carbocycles. The molecule has 1 amide bonds. The summed E-state index contributed by atoms with van der Waals surface area (Å²) in [6.45, 7) is 4.77. The van der Waals surface area contributed by atoms with Crippen molar-refractivity contribution in [3.05, 3.63) is 30.1 Å². The molecule has 2 atom stereocenters. The van der Waals surface area contributed by atoms with E-state index < -0.39 is 0 Å². The molecule has 0 radical (unpaired) electrons. The molecule has 1 aliphatic carbocycles. The Morgan fingerprint density at radius 3 is 2.90 bits per heavy atom. The molecule has 2 rings (SSSR count). The lowest BCUT2D eigenvalue weighted by Crippen LogP contribution is -2.43. The molecular formula is C16H25N3O. The summed E-state index contributed by atoms with van der Waals surface area (Å²) in [6, 6.07) is 4.31. The van der Waals surface area contributed by atoms with Gasteiger partial charge in [0, 0.05) is 36.9 Å². The quantitative estimate of drug-likeness (QED) is 0.917. The maximum atomic E-state index is 12.7. The minimum atomic E-state index is 0.0952. The van der Waals surface area contributed by atoms with Crippen LogP contribution in [-0.4, -0.2) is 27.9 Å². The van der Waals surface area contributed by atoms with Crippen molar-refractivity contribution in [2.45, 2.75) is 58.2 Å². The van der Waals surface area contributed by atoms with Gasteiger partial charge in [0.2, 0.25) is 5.91 Å². The van der Waals surface area contributed by atoms with Gasteiger partial charge in [0.05, 0.1) is 0 Å². The van der Waals surface area contributed by atoms with Crippen molar-refractivity contribution in [3.8, 4) is 0 Å². The maximum absolute atomic E-state index is 12.7. The van der Waals surface area contributed by atoms with Crippen molar-refractivity contribution < 1.29 is 4.79 Å². The number of amides is 1. The SMILES string of the molecule is CC(C)N(Cc1cccnc1)C(=O)C1CCCC(N)C1. The monoisotopic (exact) mass is 275 g/mol. The van der Waals surface area contributed by atoms with Crippen LogP contribution in [0.4, 0.5) is 0 Å². The van der Waals surface area contributed by atoms with Crippen molar-refractivity contribution in [3.63, 3.8) is 0 Å². The van der Waals surface area contributed by atoms with Crippen LogP contribution < -0.4 is 5.73 Å². The third-order valence-corrected chi connectivity index (χ3v) is 4.05. The highest BCUT2D eigenvalue weighted by molar-refractivity contribution is 5.79. The lowest BCUT2D eigenvalue weighted by molar-refractivity contribution is -0.139. The van der Waals surface area contributed by atoms with Gasteiger partial charge >= 0.3 is 0 Å². The number of aromatic nitrogens is 1. The van der Waals surface area contributed by atoms with Gasteiger partial charge in [-0.15, -0.1) is 0 Å². The Morgan fingerprint density at radius 2 is 2.30 bits per heavy atom. The smallest absolute Gasteiger partial charge is 0.226 e. The highest BCUT2D eigenvalue weighted by Gasteiger charge is 2.30. The molecule has 0 aliphatic heterocycles. The number of pyridine rings is 1. The lowest BCUT2D eigenvalue weighted by atomic mass is 9.85. The Morgan fingerprint density at radius 1 is 1.50 bits per heavy atom. The molecule has 4 heteroatoms. The van der Waals surface area contributed by atoms with Crippen LogP contribution in [0, 0.1) is 5.92 Å². The van der Waals surface area contributed by atoms with Crippen LogP contribution in [0.1, 0.15) is 45.1 Å². The van der Waals surface area contributed by atoms with E-state index >= 15 is 0 Å². The summed E-state index contributed by atoms with van der Waals surface area (Å²) in [5, 5.41) is 0. The van der Waals surface area contributed by atoms with E-state index in [1.165, 1.54) is 0 Å². The third-order valence-electron chi connectivity index (χ3n) is 4.05. The largest absolute Gasteiger partial charge is 0.336 e. The Kier molecular flexibility index (Phi) is 5.12. The molecule has 1 aliphatic rings. The number of hydrogen-bond donors (Lipinski definition) is 1. The van der Waals surface area contributed by atoms with Gasteiger partial charge in [-0.25, -0.2) is 0 Å². The summed E-state index contributed by atoms with van der Waals surface area (Å²) in [4.78, 5) is 18.8. The van der Waals surface area contributed by atoms with Gasteiger partial charge in [-0.1, -0.05) is 12.5 Å². The first-order valence-corrected chi connectivity index (χ1v) is 7.53. The molecule has 20 heavy (non-hydrogen) atoms. The molecule has 1 saturated carbocycles. The summed E-state index contributed by atoms with van der Waals surface area (Å²) in [6.07, 6.45) is 7.50. The standard InChI is InChI=1S/C16H25N3O/c1-12(2)19(11-13-5-4-8-18-10-13)16(20)14-6-3-7-15(17)9-14/h4-5,8,10,12,14-15H,3,6-7,9,11,17H2,1-2H3. The molecular weight excluding hydrogens is 250 g/mol. The van der Waals surface area contributed by atoms with E-state index in [-0.39, 0.29) is 23.9 Å². The topological polar surface area (TPSA) is 59.2 Å². The van der Waals surface area contributed by atoms with E-state index in [4.69, 9.17) is 5.73 Å². The second-order valence-corrected chi connectivity index (χ2v) is 6.04. The van der Waals surface area contributed by atoms with Crippen molar-refractivity contribution in [2.75, 3.05) is 0 Å². The Hall–Kier alpha value is -1.42. The van der Waals surface area contributed by atoms with Gasteiger partial charge < -0.3 is 10.6 Å². The molecule has 0 spiro atoms. The fourth-order valence-electron chi connectivity index (χ4n) is 2.89. The average molecular weight is 275 g/mol. The van der Waals surface area contributed by atoms with Crippen LogP contribution in [0.3, 0.4) is 0 Å². The van der Waals surface area contributed by atoms with Crippen LogP contribution in [0.5, 0.6) is 0 Å². The molecule has 110 valence electrons. The average Bonchev–Trinajstić information content (AvgIpc) is 2.45. The summed E-state index contributed by atoms with van der Waals surface area (Å²) < 4.78 is 0. The van der Waals surface area contributed by atoms with Gasteiger partial charge in [-0.3, -0.25) is 9.78 Å². The highest BCUT2D eigenvalue weighted by atomic mass is 16.2. The van der Waals surface area contributed by atoms with E-state index in [0.29, 0.717) is 6.54 Å². The second kappa shape index (κ2) is 6.84. The predicted molar refractivity (Wildman–Crippen MR) is 79.9 cm³/mol. The molecule has 1 heterocycles. The van der Waals surface area contributed by atoms with Crippen molar-refractivity contribution in [1.82, 2.24) is 9.88 Å². The van der Waals surface area contributed by atoms with E-state index in [1.54, 1.807) is 6.20 Å². The Labute approximate surface area is 121 Å². The second-order valence-electron chi connectivity index (χ2n) is 6.04. The fraction of sp³-hybridized carbons (Fsp3) is 0.625. The van der Waals surface area contributed by atoms with Crippen LogP contribution in [0.2, 0.25) is 0 Å². The number of hydrogen-bond acceptors (Lipinski definition) is 3.